The van der Waals surface area contributed by atoms with Gasteiger partial charge in [-0.2, -0.15) is 0 Å². The number of rotatable bonds is 12. The molecule has 2 N–H and O–H groups in total. The minimum Gasteiger partial charge on any atom is -0.476 e. The minimum atomic E-state index is -2.79. The number of alkyl halides is 2. The van der Waals surface area contributed by atoms with E-state index >= 15 is 0 Å². The average Bonchev–Trinajstić information content (AvgIpc) is 3.45. The zero-order valence-corrected chi connectivity index (χ0v) is 19.6. The molecule has 11 heteroatoms. The molecule has 0 unspecified atom stereocenters. The van der Waals surface area contributed by atoms with Crippen LogP contribution in [0.5, 0.6) is 5.88 Å². The van der Waals surface area contributed by atoms with Gasteiger partial charge in [0.15, 0.2) is 5.76 Å². The lowest BCUT2D eigenvalue weighted by atomic mass is 9.90. The first-order chi connectivity index (χ1) is 16.1. The van der Waals surface area contributed by atoms with Crippen LogP contribution in [0.3, 0.4) is 0 Å². The summed E-state index contributed by atoms with van der Waals surface area (Å²) in [6, 6.07) is 3.25. The van der Waals surface area contributed by atoms with Crippen LogP contribution in [0.2, 0.25) is 0 Å². The number of carbonyl (C=O) groups excluding carboxylic acids is 1. The molecule has 4 rings (SSSR count). The molecule has 0 aromatic carbocycles. The lowest BCUT2D eigenvalue weighted by Gasteiger charge is -2.40. The summed E-state index contributed by atoms with van der Waals surface area (Å²) in [4.78, 5) is 18.0. The second-order valence-electron chi connectivity index (χ2n) is 9.55. The van der Waals surface area contributed by atoms with Crippen molar-refractivity contribution in [1.29, 1.82) is 0 Å². The van der Waals surface area contributed by atoms with E-state index in [4.69, 9.17) is 24.5 Å². The van der Waals surface area contributed by atoms with Crippen LogP contribution in [-0.2, 0) is 14.9 Å². The normalized spacial score (nSPS) is 17.5. The highest BCUT2D eigenvalue weighted by molar-refractivity contribution is 5.98. The molecule has 1 saturated carbocycles. The highest BCUT2D eigenvalue weighted by atomic mass is 19.3. The fourth-order valence-electron chi connectivity index (χ4n) is 3.62. The van der Waals surface area contributed by atoms with Crippen molar-refractivity contribution >= 4 is 11.6 Å². The Hall–Kier alpha value is -2.79. The van der Waals surface area contributed by atoms with Gasteiger partial charge in [-0.15, -0.1) is 0 Å². The lowest BCUT2D eigenvalue weighted by Crippen LogP contribution is -2.56. The molecule has 2 aliphatic rings. The number of nitrogens with zero attached hydrogens (tertiary/aromatic N) is 3. The number of primary amides is 1. The number of halogens is 2. The van der Waals surface area contributed by atoms with Crippen molar-refractivity contribution in [2.45, 2.75) is 38.0 Å². The predicted molar refractivity (Wildman–Crippen MR) is 119 cm³/mol. The van der Waals surface area contributed by atoms with Crippen molar-refractivity contribution < 1.29 is 32.3 Å². The first-order valence-electron chi connectivity index (χ1n) is 11.2. The van der Waals surface area contributed by atoms with Crippen molar-refractivity contribution in [2.24, 2.45) is 11.7 Å². The molecule has 1 saturated heterocycles. The van der Waals surface area contributed by atoms with Crippen LogP contribution in [-0.4, -0.2) is 68.6 Å². The highest BCUT2D eigenvalue weighted by Gasteiger charge is 2.45. The fraction of sp³-hybridized carbons (Fsp3) is 0.609. The third-order valence-corrected chi connectivity index (χ3v) is 5.90. The van der Waals surface area contributed by atoms with Gasteiger partial charge in [-0.05, 0) is 24.8 Å². The zero-order valence-electron chi connectivity index (χ0n) is 19.6. The highest BCUT2D eigenvalue weighted by Crippen LogP contribution is 2.41. The standard InChI is InChI=1S/C23H30F2N4O5/c1-22(2,13-32-7-6-31-3)18-9-17(34-28-18)15-8-16(29-11-23(24,25)12-29)21(27-19(15)20(26)30)33-10-14-4-5-14/h8-9,14H,4-7,10-13H2,1-3H3,(H2,26,30). The number of anilines is 1. The molecule has 0 radical (unpaired) electrons. The molecule has 34 heavy (non-hydrogen) atoms. The number of methoxy groups -OCH3 is 1. The van der Waals surface area contributed by atoms with Gasteiger partial charge in [0.25, 0.3) is 11.8 Å². The molecule has 2 aromatic rings. The Morgan fingerprint density at radius 1 is 1.29 bits per heavy atom. The van der Waals surface area contributed by atoms with E-state index in [0.717, 1.165) is 12.8 Å². The molecule has 1 aliphatic carbocycles. The van der Waals surface area contributed by atoms with Crippen molar-refractivity contribution in [3.63, 3.8) is 0 Å². The monoisotopic (exact) mass is 480 g/mol. The van der Waals surface area contributed by atoms with Gasteiger partial charge >= 0.3 is 0 Å². The molecule has 3 heterocycles. The summed E-state index contributed by atoms with van der Waals surface area (Å²) >= 11 is 0. The van der Waals surface area contributed by atoms with Gasteiger partial charge in [0.05, 0.1) is 50.8 Å². The van der Waals surface area contributed by atoms with E-state index < -0.39 is 30.3 Å². The molecule has 2 aromatic heterocycles. The summed E-state index contributed by atoms with van der Waals surface area (Å²) in [5.41, 5.74) is 6.28. The number of amides is 1. The summed E-state index contributed by atoms with van der Waals surface area (Å²) in [5.74, 6) is -2.79. The largest absolute Gasteiger partial charge is 0.476 e. The number of hydrogen-bond donors (Lipinski definition) is 1. The summed E-state index contributed by atoms with van der Waals surface area (Å²) in [5, 5.41) is 4.15. The molecule has 2 fully saturated rings. The summed E-state index contributed by atoms with van der Waals surface area (Å²) < 4.78 is 49.2. The SMILES string of the molecule is COCCOCC(C)(C)c1cc(-c2cc(N3CC(F)(F)C3)c(OCC3CC3)nc2C(N)=O)on1. The van der Waals surface area contributed by atoms with Crippen molar-refractivity contribution in [2.75, 3.05) is 51.5 Å². The lowest BCUT2D eigenvalue weighted by molar-refractivity contribution is -0.0265. The third kappa shape index (κ3) is 5.47. The smallest absolute Gasteiger partial charge is 0.282 e. The van der Waals surface area contributed by atoms with Crippen molar-refractivity contribution in [3.8, 4) is 17.2 Å². The van der Waals surface area contributed by atoms with Gasteiger partial charge in [0.2, 0.25) is 5.88 Å². The quantitative estimate of drug-likeness (QED) is 0.462. The zero-order chi connectivity index (χ0) is 24.5. The Kier molecular flexibility index (Phi) is 6.77. The van der Waals surface area contributed by atoms with Gasteiger partial charge in [-0.1, -0.05) is 19.0 Å². The third-order valence-electron chi connectivity index (χ3n) is 5.90. The summed E-state index contributed by atoms with van der Waals surface area (Å²) in [7, 11) is 1.60. The van der Waals surface area contributed by atoms with Crippen molar-refractivity contribution in [3.05, 3.63) is 23.5 Å². The molecule has 1 amide bonds. The van der Waals surface area contributed by atoms with Crippen LogP contribution in [0.15, 0.2) is 16.7 Å². The van der Waals surface area contributed by atoms with Gasteiger partial charge < -0.3 is 29.4 Å². The number of hydrogen-bond acceptors (Lipinski definition) is 8. The number of carbonyl (C=O) groups is 1. The predicted octanol–water partition coefficient (Wildman–Crippen LogP) is 3.02. The second kappa shape index (κ2) is 9.46. The average molecular weight is 481 g/mol. The van der Waals surface area contributed by atoms with E-state index in [1.807, 2.05) is 13.8 Å². The first-order valence-corrected chi connectivity index (χ1v) is 11.2. The van der Waals surface area contributed by atoms with E-state index in [2.05, 4.69) is 10.1 Å². The maximum Gasteiger partial charge on any atom is 0.282 e. The van der Waals surface area contributed by atoms with Gasteiger partial charge in [-0.3, -0.25) is 4.79 Å². The molecule has 0 spiro atoms. The number of pyridine rings is 1. The molecular weight excluding hydrogens is 450 g/mol. The molecular formula is C23H30F2N4O5. The van der Waals surface area contributed by atoms with E-state index in [1.165, 1.54) is 4.90 Å². The van der Waals surface area contributed by atoms with Crippen LogP contribution in [0.4, 0.5) is 14.5 Å². The van der Waals surface area contributed by atoms with Crippen molar-refractivity contribution in [1.82, 2.24) is 10.1 Å². The van der Waals surface area contributed by atoms with Crippen LogP contribution >= 0.6 is 0 Å². The van der Waals surface area contributed by atoms with Crippen LogP contribution in [0, 0.1) is 5.92 Å². The van der Waals surface area contributed by atoms with E-state index in [-0.39, 0.29) is 22.9 Å². The molecule has 9 nitrogen and oxygen atoms in total. The minimum absolute atomic E-state index is 0.0707. The topological polar surface area (TPSA) is 113 Å². The number of aromatic nitrogens is 2. The first kappa shape index (κ1) is 24.3. The molecule has 186 valence electrons. The Balaban J connectivity index is 1.64. The Labute approximate surface area is 196 Å². The number of ether oxygens (including phenoxy) is 3. The van der Waals surface area contributed by atoms with Gasteiger partial charge in [-0.25, -0.2) is 13.8 Å². The Morgan fingerprint density at radius 3 is 2.65 bits per heavy atom. The van der Waals surface area contributed by atoms with Crippen LogP contribution in [0.1, 0.15) is 42.9 Å². The number of nitrogens with two attached hydrogens (primary N) is 1. The van der Waals surface area contributed by atoms with E-state index in [1.54, 1.807) is 19.2 Å². The molecule has 0 atom stereocenters. The molecule has 1 aliphatic heterocycles. The van der Waals surface area contributed by atoms with Crippen LogP contribution < -0.4 is 15.4 Å². The van der Waals surface area contributed by atoms with Crippen LogP contribution in [0.25, 0.3) is 11.3 Å². The fourth-order valence-corrected chi connectivity index (χ4v) is 3.62. The molecule has 0 bridgehead atoms. The second-order valence-corrected chi connectivity index (χ2v) is 9.55. The maximum atomic E-state index is 13.6. The van der Waals surface area contributed by atoms with E-state index in [0.29, 0.717) is 43.7 Å². The summed E-state index contributed by atoms with van der Waals surface area (Å²) in [6.45, 7) is 4.65. The Bertz CT molecular complexity index is 1030. The summed E-state index contributed by atoms with van der Waals surface area (Å²) in [6.07, 6.45) is 2.09. The van der Waals surface area contributed by atoms with Gasteiger partial charge in [0, 0.05) is 18.6 Å². The van der Waals surface area contributed by atoms with Gasteiger partial charge in [0.1, 0.15) is 11.4 Å². The van der Waals surface area contributed by atoms with E-state index in [9.17, 15) is 13.6 Å². The Morgan fingerprint density at radius 2 is 2.03 bits per heavy atom. The maximum absolute atomic E-state index is 13.6.